The quantitative estimate of drug-likeness (QED) is 0.563. The lowest BCUT2D eigenvalue weighted by Gasteiger charge is -2.12. The van der Waals surface area contributed by atoms with E-state index in [1.807, 2.05) is 57.2 Å². The van der Waals surface area contributed by atoms with E-state index >= 15 is 0 Å². The lowest BCUT2D eigenvalue weighted by Crippen LogP contribution is -2.09. The van der Waals surface area contributed by atoms with Crippen molar-refractivity contribution < 1.29 is 8.63 Å². The molecule has 0 aliphatic carbocycles. The minimum atomic E-state index is -1.25. The summed E-state index contributed by atoms with van der Waals surface area (Å²) in [5.74, 6) is 0.664. The number of nitrogens with two attached hydrogens (primary N) is 1. The highest BCUT2D eigenvalue weighted by molar-refractivity contribution is 7.90. The summed E-state index contributed by atoms with van der Waals surface area (Å²) >= 11 is 0. The number of allylic oxidation sites excluding steroid dienone is 4. The van der Waals surface area contributed by atoms with Crippen LogP contribution in [-0.4, -0.2) is 29.6 Å². The third-order valence-corrected chi connectivity index (χ3v) is 5.80. The van der Waals surface area contributed by atoms with Crippen LogP contribution in [0.2, 0.25) is 0 Å². The molecular weight excluding hydrogens is 398 g/mol. The summed E-state index contributed by atoms with van der Waals surface area (Å²) in [6, 6.07) is 9.40. The van der Waals surface area contributed by atoms with Crippen molar-refractivity contribution in [2.24, 2.45) is 0 Å². The molecule has 0 bridgehead atoms. The van der Waals surface area contributed by atoms with Crippen molar-refractivity contribution in [2.75, 3.05) is 5.73 Å². The highest BCUT2D eigenvalue weighted by Gasteiger charge is 2.20. The molecule has 2 heterocycles. The molecule has 1 aromatic carbocycles. The SMILES string of the molecule is C=C/C(=C(\C=C/C)S(=O)C(C)C)c1cnc(N)c(-c2nnc(-c3ccccc3)o2)n1. The summed E-state index contributed by atoms with van der Waals surface area (Å²) in [5.41, 5.74) is 8.16. The van der Waals surface area contributed by atoms with E-state index in [2.05, 4.69) is 26.7 Å². The van der Waals surface area contributed by atoms with E-state index in [1.54, 1.807) is 12.2 Å². The van der Waals surface area contributed by atoms with Gasteiger partial charge in [-0.05, 0) is 25.1 Å². The Labute approximate surface area is 177 Å². The first kappa shape index (κ1) is 21.3. The average molecular weight is 422 g/mol. The maximum Gasteiger partial charge on any atom is 0.270 e. The molecular formula is C22H23N5O2S. The Morgan fingerprint density at radius 1 is 1.20 bits per heavy atom. The lowest BCUT2D eigenvalue weighted by molar-refractivity contribution is 0.582. The molecule has 3 aromatic rings. The molecule has 0 aliphatic heterocycles. The minimum Gasteiger partial charge on any atom is -0.414 e. The fraction of sp³-hybridized carbons (Fsp3) is 0.182. The van der Waals surface area contributed by atoms with E-state index in [9.17, 15) is 4.21 Å². The maximum atomic E-state index is 12.8. The first-order chi connectivity index (χ1) is 14.5. The molecule has 30 heavy (non-hydrogen) atoms. The molecule has 154 valence electrons. The van der Waals surface area contributed by atoms with Crippen molar-refractivity contribution in [2.45, 2.75) is 26.0 Å². The van der Waals surface area contributed by atoms with Crippen LogP contribution in [0.25, 0.3) is 28.6 Å². The zero-order valence-electron chi connectivity index (χ0n) is 17.1. The fourth-order valence-electron chi connectivity index (χ4n) is 2.70. The summed E-state index contributed by atoms with van der Waals surface area (Å²) in [4.78, 5) is 9.43. The van der Waals surface area contributed by atoms with E-state index in [0.717, 1.165) is 5.56 Å². The van der Waals surface area contributed by atoms with Crippen LogP contribution in [0.5, 0.6) is 0 Å². The third-order valence-electron chi connectivity index (χ3n) is 4.16. The molecule has 3 rings (SSSR count). The van der Waals surface area contributed by atoms with Crippen molar-refractivity contribution in [3.05, 3.63) is 71.9 Å². The molecule has 0 saturated heterocycles. The van der Waals surface area contributed by atoms with Crippen molar-refractivity contribution in [1.29, 1.82) is 0 Å². The van der Waals surface area contributed by atoms with Gasteiger partial charge in [-0.2, -0.15) is 0 Å². The third kappa shape index (κ3) is 4.44. The number of rotatable bonds is 7. The van der Waals surface area contributed by atoms with Gasteiger partial charge in [-0.1, -0.05) is 50.8 Å². The standard InChI is InChI=1S/C22H23N5O2S/c1-5-10-18(30(28)14(3)4)16(6-2)17-13-24-20(23)19(25-17)22-27-26-21(29-22)15-11-8-7-9-12-15/h5-14H,2H2,1,3-4H3,(H2,23,24)/b10-5-,18-16-. The second-order valence-electron chi connectivity index (χ2n) is 6.60. The van der Waals surface area contributed by atoms with E-state index in [1.165, 1.54) is 6.20 Å². The first-order valence-electron chi connectivity index (χ1n) is 9.38. The Morgan fingerprint density at radius 2 is 1.90 bits per heavy atom. The molecule has 0 radical (unpaired) electrons. The van der Waals surface area contributed by atoms with Gasteiger partial charge in [0.2, 0.25) is 5.89 Å². The molecule has 0 fully saturated rings. The monoisotopic (exact) mass is 421 g/mol. The van der Waals surface area contributed by atoms with Gasteiger partial charge in [0.15, 0.2) is 11.5 Å². The Kier molecular flexibility index (Phi) is 6.68. The molecule has 1 unspecified atom stereocenters. The van der Waals surface area contributed by atoms with Gasteiger partial charge < -0.3 is 10.2 Å². The topological polar surface area (TPSA) is 108 Å². The largest absolute Gasteiger partial charge is 0.414 e. The van der Waals surface area contributed by atoms with Crippen LogP contribution in [0.3, 0.4) is 0 Å². The van der Waals surface area contributed by atoms with Gasteiger partial charge in [-0.3, -0.25) is 4.21 Å². The van der Waals surface area contributed by atoms with Gasteiger partial charge >= 0.3 is 0 Å². The van der Waals surface area contributed by atoms with Gasteiger partial charge in [-0.15, -0.1) is 10.2 Å². The highest BCUT2D eigenvalue weighted by Crippen LogP contribution is 2.29. The summed E-state index contributed by atoms with van der Waals surface area (Å²) < 4.78 is 18.6. The number of nitrogens with zero attached hydrogens (tertiary/aromatic N) is 4. The van der Waals surface area contributed by atoms with Crippen LogP contribution in [0.1, 0.15) is 26.5 Å². The Morgan fingerprint density at radius 3 is 2.53 bits per heavy atom. The number of nitrogen functional groups attached to an aromatic ring is 1. The number of hydrogen-bond acceptors (Lipinski definition) is 7. The number of anilines is 1. The molecule has 0 spiro atoms. The zero-order chi connectivity index (χ0) is 21.7. The van der Waals surface area contributed by atoms with Crippen LogP contribution in [0, 0.1) is 0 Å². The average Bonchev–Trinajstić information content (AvgIpc) is 3.24. The van der Waals surface area contributed by atoms with Gasteiger partial charge in [0.25, 0.3) is 5.89 Å². The van der Waals surface area contributed by atoms with E-state index < -0.39 is 10.8 Å². The van der Waals surface area contributed by atoms with Gasteiger partial charge in [0.05, 0.1) is 22.7 Å². The van der Waals surface area contributed by atoms with E-state index in [-0.39, 0.29) is 22.7 Å². The molecule has 8 heteroatoms. The molecule has 7 nitrogen and oxygen atoms in total. The number of benzene rings is 1. The summed E-state index contributed by atoms with van der Waals surface area (Å²) in [7, 11) is -1.25. The molecule has 1 atom stereocenters. The summed E-state index contributed by atoms with van der Waals surface area (Å²) in [5, 5.41) is 8.09. The summed E-state index contributed by atoms with van der Waals surface area (Å²) in [6.07, 6.45) is 6.76. The van der Waals surface area contributed by atoms with Gasteiger partial charge in [-0.25, -0.2) is 9.97 Å². The lowest BCUT2D eigenvalue weighted by atomic mass is 10.1. The Bertz CT molecular complexity index is 1130. The molecule has 0 amide bonds. The van der Waals surface area contributed by atoms with Gasteiger partial charge in [0, 0.05) is 21.3 Å². The number of aromatic nitrogens is 4. The van der Waals surface area contributed by atoms with Crippen LogP contribution in [-0.2, 0) is 10.8 Å². The molecule has 2 N–H and O–H groups in total. The molecule has 2 aromatic heterocycles. The predicted octanol–water partition coefficient (Wildman–Crippen LogP) is 4.41. The smallest absolute Gasteiger partial charge is 0.270 e. The molecule has 0 aliphatic rings. The fourth-order valence-corrected chi connectivity index (χ4v) is 3.89. The van der Waals surface area contributed by atoms with Crippen LogP contribution in [0.15, 0.2) is 70.7 Å². The van der Waals surface area contributed by atoms with E-state index in [4.69, 9.17) is 10.2 Å². The minimum absolute atomic E-state index is 0.0725. The van der Waals surface area contributed by atoms with Crippen LogP contribution < -0.4 is 5.73 Å². The van der Waals surface area contributed by atoms with Crippen LogP contribution in [0.4, 0.5) is 5.82 Å². The Hall–Kier alpha value is -3.39. The first-order valence-corrected chi connectivity index (χ1v) is 10.6. The van der Waals surface area contributed by atoms with Crippen molar-refractivity contribution in [3.8, 4) is 23.0 Å². The predicted molar refractivity (Wildman–Crippen MR) is 120 cm³/mol. The van der Waals surface area contributed by atoms with E-state index in [0.29, 0.717) is 22.1 Å². The van der Waals surface area contributed by atoms with Gasteiger partial charge in [0.1, 0.15) is 0 Å². The Balaban J connectivity index is 2.11. The highest BCUT2D eigenvalue weighted by atomic mass is 32.2. The zero-order valence-corrected chi connectivity index (χ0v) is 17.9. The van der Waals surface area contributed by atoms with Crippen molar-refractivity contribution >= 4 is 22.2 Å². The second kappa shape index (κ2) is 9.41. The number of hydrogen-bond donors (Lipinski definition) is 1. The second-order valence-corrected chi connectivity index (χ2v) is 8.57. The van der Waals surface area contributed by atoms with Crippen LogP contribution >= 0.6 is 0 Å². The molecule has 0 saturated carbocycles. The summed E-state index contributed by atoms with van der Waals surface area (Å²) in [6.45, 7) is 9.52. The van der Waals surface area contributed by atoms with Crippen molar-refractivity contribution in [1.82, 2.24) is 20.2 Å². The normalized spacial score (nSPS) is 13.5. The maximum absolute atomic E-state index is 12.8. The van der Waals surface area contributed by atoms with Crippen molar-refractivity contribution in [3.63, 3.8) is 0 Å².